The third kappa shape index (κ3) is 4.84. The van der Waals surface area contributed by atoms with E-state index in [-0.39, 0.29) is 24.2 Å². The Balaban J connectivity index is 1.40. The first kappa shape index (κ1) is 20.5. The van der Waals surface area contributed by atoms with Gasteiger partial charge in [-0.1, -0.05) is 48.5 Å². The number of benzene rings is 2. The van der Waals surface area contributed by atoms with E-state index in [1.165, 1.54) is 11.3 Å². The van der Waals surface area contributed by atoms with Crippen molar-refractivity contribution in [1.29, 1.82) is 0 Å². The number of anilines is 1. The number of rotatable bonds is 7. The van der Waals surface area contributed by atoms with Gasteiger partial charge in [-0.05, 0) is 48.3 Å². The number of para-hydroxylation sites is 1. The van der Waals surface area contributed by atoms with Crippen molar-refractivity contribution >= 4 is 17.6 Å². The zero-order valence-electron chi connectivity index (χ0n) is 17.4. The minimum atomic E-state index is -0.736. The second kappa shape index (κ2) is 9.33. The second-order valence-electron chi connectivity index (χ2n) is 8.56. The maximum absolute atomic E-state index is 12.9. The van der Waals surface area contributed by atoms with E-state index in [0.717, 1.165) is 37.9 Å². The summed E-state index contributed by atoms with van der Waals surface area (Å²) in [5.74, 6) is -0.226. The number of piperidine rings is 1. The van der Waals surface area contributed by atoms with Crippen molar-refractivity contribution < 1.29 is 14.7 Å². The molecule has 0 bridgehead atoms. The van der Waals surface area contributed by atoms with Crippen LogP contribution < -0.4 is 4.90 Å². The van der Waals surface area contributed by atoms with Crippen LogP contribution in [0, 0.1) is 11.8 Å². The molecule has 0 saturated carbocycles. The van der Waals surface area contributed by atoms with Gasteiger partial charge in [0.15, 0.2) is 0 Å². The molecule has 2 unspecified atom stereocenters. The summed E-state index contributed by atoms with van der Waals surface area (Å²) in [5, 5.41) is 9.37. The Morgan fingerprint density at radius 2 is 1.73 bits per heavy atom. The minimum absolute atomic E-state index is 0.140. The molecule has 5 nitrogen and oxygen atoms in total. The van der Waals surface area contributed by atoms with E-state index in [1.54, 1.807) is 0 Å². The van der Waals surface area contributed by atoms with Crippen LogP contribution in [0.2, 0.25) is 0 Å². The predicted molar refractivity (Wildman–Crippen MR) is 118 cm³/mol. The Labute approximate surface area is 178 Å². The fourth-order valence-electron chi connectivity index (χ4n) is 4.97. The van der Waals surface area contributed by atoms with Crippen molar-refractivity contribution in [3.8, 4) is 0 Å². The van der Waals surface area contributed by atoms with Gasteiger partial charge in [-0.3, -0.25) is 9.59 Å². The number of carboxylic acids is 1. The predicted octanol–water partition coefficient (Wildman–Crippen LogP) is 3.62. The molecule has 0 radical (unpaired) electrons. The normalized spacial score (nSPS) is 20.8. The summed E-state index contributed by atoms with van der Waals surface area (Å²) in [4.78, 5) is 28.6. The highest BCUT2D eigenvalue weighted by atomic mass is 16.4. The van der Waals surface area contributed by atoms with Gasteiger partial charge < -0.3 is 14.9 Å². The number of amides is 1. The van der Waals surface area contributed by atoms with Crippen LogP contribution in [0.25, 0.3) is 0 Å². The molecule has 2 aliphatic rings. The number of hydrogen-bond acceptors (Lipinski definition) is 3. The number of aliphatic carboxylic acids is 1. The standard InChI is InChI=1S/C25H30N2O3/c28-24(16-19-6-2-1-3-7-19)27-15-11-21(17-25(29)30)22(18-27)12-14-26-13-10-20-8-4-5-9-23(20)26/h1-9,21-22H,10-18H2,(H,29,30). The van der Waals surface area contributed by atoms with Crippen LogP contribution in [0.1, 0.15) is 30.4 Å². The van der Waals surface area contributed by atoms with E-state index < -0.39 is 5.97 Å². The molecule has 5 heteroatoms. The Kier molecular flexibility index (Phi) is 6.36. The first-order chi connectivity index (χ1) is 14.6. The lowest BCUT2D eigenvalue weighted by Crippen LogP contribution is -2.45. The third-order valence-corrected chi connectivity index (χ3v) is 6.63. The summed E-state index contributed by atoms with van der Waals surface area (Å²) in [6.45, 7) is 3.26. The lowest BCUT2D eigenvalue weighted by atomic mass is 9.81. The van der Waals surface area contributed by atoms with Crippen LogP contribution in [-0.4, -0.2) is 48.1 Å². The van der Waals surface area contributed by atoms with Crippen molar-refractivity contribution in [3.05, 3.63) is 65.7 Å². The molecular formula is C25H30N2O3. The fraction of sp³-hybridized carbons (Fsp3) is 0.440. The molecule has 2 aliphatic heterocycles. The third-order valence-electron chi connectivity index (χ3n) is 6.63. The number of carbonyl (C=O) groups excluding carboxylic acids is 1. The number of hydrogen-bond donors (Lipinski definition) is 1. The minimum Gasteiger partial charge on any atom is -0.481 e. The molecular weight excluding hydrogens is 376 g/mol. The maximum Gasteiger partial charge on any atom is 0.303 e. The van der Waals surface area contributed by atoms with Crippen LogP contribution in [0.4, 0.5) is 5.69 Å². The van der Waals surface area contributed by atoms with Crippen molar-refractivity contribution in [2.75, 3.05) is 31.1 Å². The van der Waals surface area contributed by atoms with Crippen LogP contribution >= 0.6 is 0 Å². The highest BCUT2D eigenvalue weighted by Crippen LogP contribution is 2.32. The Bertz CT molecular complexity index is 883. The molecule has 0 aromatic heterocycles. The van der Waals surface area contributed by atoms with Crippen molar-refractivity contribution in [2.24, 2.45) is 11.8 Å². The zero-order valence-corrected chi connectivity index (χ0v) is 17.4. The van der Waals surface area contributed by atoms with Crippen molar-refractivity contribution in [2.45, 2.75) is 32.1 Å². The highest BCUT2D eigenvalue weighted by Gasteiger charge is 2.33. The van der Waals surface area contributed by atoms with Gasteiger partial charge >= 0.3 is 5.97 Å². The monoisotopic (exact) mass is 406 g/mol. The molecule has 0 spiro atoms. The average Bonchev–Trinajstić information content (AvgIpc) is 3.16. The lowest BCUT2D eigenvalue weighted by Gasteiger charge is -2.39. The van der Waals surface area contributed by atoms with Gasteiger partial charge in [0.2, 0.25) is 5.91 Å². The van der Waals surface area contributed by atoms with Gasteiger partial charge in [0, 0.05) is 38.3 Å². The smallest absolute Gasteiger partial charge is 0.303 e. The molecule has 1 N–H and O–H groups in total. The van der Waals surface area contributed by atoms with E-state index in [9.17, 15) is 14.7 Å². The summed E-state index contributed by atoms with van der Waals surface area (Å²) in [5.41, 5.74) is 3.73. The number of carboxylic acid groups (broad SMARTS) is 1. The molecule has 158 valence electrons. The summed E-state index contributed by atoms with van der Waals surface area (Å²) >= 11 is 0. The van der Waals surface area contributed by atoms with Gasteiger partial charge in [-0.25, -0.2) is 0 Å². The average molecular weight is 407 g/mol. The highest BCUT2D eigenvalue weighted by molar-refractivity contribution is 5.79. The SMILES string of the molecule is O=C(O)CC1CCN(C(=O)Cc2ccccc2)CC1CCN1CCc2ccccc21. The Hall–Kier alpha value is -2.82. The molecule has 2 heterocycles. The quantitative estimate of drug-likeness (QED) is 0.763. The topological polar surface area (TPSA) is 60.9 Å². The summed E-state index contributed by atoms with van der Waals surface area (Å²) < 4.78 is 0. The molecule has 30 heavy (non-hydrogen) atoms. The van der Waals surface area contributed by atoms with Crippen LogP contribution in [0.15, 0.2) is 54.6 Å². The number of nitrogens with zero attached hydrogens (tertiary/aromatic N) is 2. The van der Waals surface area contributed by atoms with E-state index in [2.05, 4.69) is 29.2 Å². The summed E-state index contributed by atoms with van der Waals surface area (Å²) in [7, 11) is 0. The van der Waals surface area contributed by atoms with Gasteiger partial charge in [0.1, 0.15) is 0 Å². The second-order valence-corrected chi connectivity index (χ2v) is 8.56. The van der Waals surface area contributed by atoms with Crippen LogP contribution in [-0.2, 0) is 22.4 Å². The van der Waals surface area contributed by atoms with Crippen molar-refractivity contribution in [3.63, 3.8) is 0 Å². The molecule has 1 fully saturated rings. The van der Waals surface area contributed by atoms with E-state index in [1.807, 2.05) is 35.2 Å². The fourth-order valence-corrected chi connectivity index (χ4v) is 4.97. The first-order valence-electron chi connectivity index (χ1n) is 11.0. The van der Waals surface area contributed by atoms with Gasteiger partial charge in [0.05, 0.1) is 6.42 Å². The molecule has 0 aliphatic carbocycles. The molecule has 2 atom stereocenters. The maximum atomic E-state index is 12.9. The zero-order chi connectivity index (χ0) is 20.9. The van der Waals surface area contributed by atoms with E-state index in [4.69, 9.17) is 0 Å². The molecule has 2 aromatic rings. The number of fused-ring (bicyclic) bond motifs is 1. The molecule has 1 amide bonds. The van der Waals surface area contributed by atoms with Gasteiger partial charge in [-0.15, -0.1) is 0 Å². The Morgan fingerprint density at radius 1 is 0.967 bits per heavy atom. The summed E-state index contributed by atoms with van der Waals surface area (Å²) in [6.07, 6.45) is 3.37. The number of carbonyl (C=O) groups is 2. The van der Waals surface area contributed by atoms with E-state index in [0.29, 0.717) is 19.5 Å². The molecule has 1 saturated heterocycles. The van der Waals surface area contributed by atoms with Crippen molar-refractivity contribution in [1.82, 2.24) is 4.90 Å². The summed E-state index contributed by atoms with van der Waals surface area (Å²) in [6, 6.07) is 18.4. The van der Waals surface area contributed by atoms with Gasteiger partial charge in [-0.2, -0.15) is 0 Å². The first-order valence-corrected chi connectivity index (χ1v) is 11.0. The van der Waals surface area contributed by atoms with Gasteiger partial charge in [0.25, 0.3) is 0 Å². The Morgan fingerprint density at radius 3 is 2.53 bits per heavy atom. The molecule has 4 rings (SSSR count). The number of likely N-dealkylation sites (tertiary alicyclic amines) is 1. The largest absolute Gasteiger partial charge is 0.481 e. The molecule has 2 aromatic carbocycles. The van der Waals surface area contributed by atoms with Crippen LogP contribution in [0.3, 0.4) is 0 Å². The lowest BCUT2D eigenvalue weighted by molar-refractivity contribution is -0.139. The van der Waals surface area contributed by atoms with Crippen LogP contribution in [0.5, 0.6) is 0 Å². The van der Waals surface area contributed by atoms with E-state index >= 15 is 0 Å².